The van der Waals surface area contributed by atoms with E-state index in [0.29, 0.717) is 11.0 Å². The molecule has 0 spiro atoms. The Balaban J connectivity index is 2.44. The Bertz CT molecular complexity index is 320. The van der Waals surface area contributed by atoms with Crippen LogP contribution < -0.4 is 5.32 Å². The molecule has 1 aliphatic heterocycles. The van der Waals surface area contributed by atoms with Crippen LogP contribution in [0.25, 0.3) is 0 Å². The molecule has 1 amide bonds. The lowest BCUT2D eigenvalue weighted by atomic mass is 10.2. The number of carbonyl (C=O) groups is 1. The van der Waals surface area contributed by atoms with Crippen LogP contribution in [0.5, 0.6) is 0 Å². The van der Waals surface area contributed by atoms with Crippen LogP contribution >= 0.6 is 11.8 Å². The zero-order chi connectivity index (χ0) is 11.3. The van der Waals surface area contributed by atoms with Crippen LogP contribution in [-0.4, -0.2) is 29.2 Å². The van der Waals surface area contributed by atoms with Crippen LogP contribution in [0.15, 0.2) is 5.16 Å². The number of hydrogen-bond donors (Lipinski definition) is 1. The Morgan fingerprint density at radius 2 is 2.60 bits per heavy atom. The zero-order valence-electron chi connectivity index (χ0n) is 8.57. The minimum Gasteiger partial charge on any atom is -0.358 e. The predicted octanol–water partition coefficient (Wildman–Crippen LogP) is 1.16. The van der Waals surface area contributed by atoms with Gasteiger partial charge in [-0.05, 0) is 13.8 Å². The molecule has 1 heterocycles. The normalized spacial score (nSPS) is 21.0. The van der Waals surface area contributed by atoms with Gasteiger partial charge in [0.05, 0.1) is 12.5 Å². The molecule has 0 aromatic rings. The summed E-state index contributed by atoms with van der Waals surface area (Å²) in [4.78, 5) is 15.6. The third-order valence-electron chi connectivity index (χ3n) is 1.68. The van der Waals surface area contributed by atoms with Crippen molar-refractivity contribution in [2.45, 2.75) is 19.4 Å². The zero-order valence-corrected chi connectivity index (χ0v) is 9.39. The molecule has 1 fully saturated rings. The Morgan fingerprint density at radius 3 is 3.13 bits per heavy atom. The summed E-state index contributed by atoms with van der Waals surface area (Å²) in [5.41, 5.74) is -0.489. The fraction of sp³-hybridized carbons (Fsp3) is 0.556. The second-order valence-electron chi connectivity index (χ2n) is 3.25. The van der Waals surface area contributed by atoms with Crippen molar-refractivity contribution in [3.05, 3.63) is 0 Å². The monoisotopic (exact) mass is 228 g/mol. The van der Waals surface area contributed by atoms with E-state index >= 15 is 0 Å². The average Bonchev–Trinajstić information content (AvgIpc) is 2.51. The molecule has 15 heavy (non-hydrogen) atoms. The summed E-state index contributed by atoms with van der Waals surface area (Å²) >= 11 is 1.40. The van der Waals surface area contributed by atoms with Crippen LogP contribution in [0.3, 0.4) is 0 Å². The number of thioether (sulfide) groups is 1. The molecule has 0 atom stereocenters. The van der Waals surface area contributed by atoms with E-state index in [9.17, 15) is 4.79 Å². The second-order valence-corrected chi connectivity index (χ2v) is 4.16. The van der Waals surface area contributed by atoms with E-state index in [2.05, 4.69) is 21.2 Å². The first kappa shape index (κ1) is 11.9. The van der Waals surface area contributed by atoms with Gasteiger partial charge >= 0.3 is 6.09 Å². The average molecular weight is 228 g/mol. The SMILES string of the molecule is C#CCNC(=O)ON=C1SCOC1(C)C. The predicted molar refractivity (Wildman–Crippen MR) is 58.4 cm³/mol. The van der Waals surface area contributed by atoms with Crippen molar-refractivity contribution in [2.75, 3.05) is 12.5 Å². The highest BCUT2D eigenvalue weighted by atomic mass is 32.2. The molecule has 0 unspecified atom stereocenters. The quantitative estimate of drug-likeness (QED) is 0.437. The van der Waals surface area contributed by atoms with Gasteiger partial charge in [0.1, 0.15) is 10.6 Å². The maximum Gasteiger partial charge on any atom is 0.434 e. The maximum absolute atomic E-state index is 11.0. The summed E-state index contributed by atoms with van der Waals surface area (Å²) in [5, 5.41) is 6.67. The van der Waals surface area contributed by atoms with Gasteiger partial charge in [0.2, 0.25) is 0 Å². The summed E-state index contributed by atoms with van der Waals surface area (Å²) in [6, 6.07) is 0. The lowest BCUT2D eigenvalue weighted by Crippen LogP contribution is -2.28. The number of nitrogens with one attached hydrogen (secondary N) is 1. The van der Waals surface area contributed by atoms with Crippen LogP contribution in [0.4, 0.5) is 4.79 Å². The minimum absolute atomic E-state index is 0.122. The highest BCUT2D eigenvalue weighted by molar-refractivity contribution is 8.14. The van der Waals surface area contributed by atoms with Gasteiger partial charge in [-0.15, -0.1) is 6.42 Å². The van der Waals surface area contributed by atoms with Gasteiger partial charge in [0.15, 0.2) is 0 Å². The first-order valence-electron chi connectivity index (χ1n) is 4.30. The number of oxime groups is 1. The molecule has 1 rings (SSSR count). The lowest BCUT2D eigenvalue weighted by molar-refractivity contribution is 0.0784. The first-order valence-corrected chi connectivity index (χ1v) is 5.28. The second kappa shape index (κ2) is 5.05. The number of terminal acetylenes is 1. The highest BCUT2D eigenvalue weighted by Crippen LogP contribution is 2.29. The van der Waals surface area contributed by atoms with E-state index in [1.54, 1.807) is 0 Å². The standard InChI is InChI=1S/C9H12N2O3S/c1-4-5-10-8(12)14-11-7-9(2,3)13-6-15-7/h1H,5-6H2,2-3H3,(H,10,12). The Kier molecular flexibility index (Phi) is 4.00. The van der Waals surface area contributed by atoms with E-state index in [0.717, 1.165) is 0 Å². The Labute approximate surface area is 92.6 Å². The van der Waals surface area contributed by atoms with Gasteiger partial charge in [0.25, 0.3) is 0 Å². The highest BCUT2D eigenvalue weighted by Gasteiger charge is 2.33. The van der Waals surface area contributed by atoms with E-state index in [4.69, 9.17) is 11.2 Å². The minimum atomic E-state index is -0.663. The molecule has 0 bridgehead atoms. The van der Waals surface area contributed by atoms with Crippen LogP contribution in [0, 0.1) is 12.3 Å². The van der Waals surface area contributed by atoms with Crippen molar-refractivity contribution >= 4 is 22.9 Å². The third kappa shape index (κ3) is 3.46. The van der Waals surface area contributed by atoms with Gasteiger partial charge in [0, 0.05) is 0 Å². The molecule has 1 saturated heterocycles. The number of amides is 1. The van der Waals surface area contributed by atoms with Crippen LogP contribution in [0.1, 0.15) is 13.8 Å². The van der Waals surface area contributed by atoms with Gasteiger partial charge in [-0.3, -0.25) is 4.84 Å². The van der Waals surface area contributed by atoms with E-state index in [-0.39, 0.29) is 6.54 Å². The number of rotatable bonds is 2. The fourth-order valence-electron chi connectivity index (χ4n) is 0.843. The fourth-order valence-corrected chi connectivity index (χ4v) is 1.80. The van der Waals surface area contributed by atoms with E-state index < -0.39 is 11.7 Å². The lowest BCUT2D eigenvalue weighted by Gasteiger charge is -2.14. The van der Waals surface area contributed by atoms with Crippen LogP contribution in [-0.2, 0) is 9.57 Å². The van der Waals surface area contributed by atoms with Gasteiger partial charge < -0.3 is 10.1 Å². The smallest absolute Gasteiger partial charge is 0.358 e. The Hall–Kier alpha value is -1.19. The number of hydrogen-bond acceptors (Lipinski definition) is 5. The maximum atomic E-state index is 11.0. The summed E-state index contributed by atoms with van der Waals surface area (Å²) < 4.78 is 5.35. The molecule has 0 aromatic carbocycles. The molecular formula is C9H12N2O3S. The van der Waals surface area contributed by atoms with Crippen molar-refractivity contribution in [2.24, 2.45) is 5.16 Å². The molecule has 6 heteroatoms. The van der Waals surface area contributed by atoms with Crippen LogP contribution in [0.2, 0.25) is 0 Å². The van der Waals surface area contributed by atoms with Crippen molar-refractivity contribution in [3.63, 3.8) is 0 Å². The molecule has 0 saturated carbocycles. The molecule has 5 nitrogen and oxygen atoms in total. The van der Waals surface area contributed by atoms with E-state index in [1.165, 1.54) is 11.8 Å². The summed E-state index contributed by atoms with van der Waals surface area (Å²) in [6.45, 7) is 3.83. The Morgan fingerprint density at radius 1 is 1.87 bits per heavy atom. The summed E-state index contributed by atoms with van der Waals surface area (Å²) in [7, 11) is 0. The molecule has 0 aliphatic carbocycles. The third-order valence-corrected chi connectivity index (χ3v) is 2.75. The number of carbonyl (C=O) groups excluding carboxylic acids is 1. The molecular weight excluding hydrogens is 216 g/mol. The van der Waals surface area contributed by atoms with Crippen molar-refractivity contribution in [3.8, 4) is 12.3 Å². The van der Waals surface area contributed by atoms with E-state index in [1.807, 2.05) is 13.8 Å². The molecule has 0 radical (unpaired) electrons. The van der Waals surface area contributed by atoms with Crippen molar-refractivity contribution in [1.29, 1.82) is 0 Å². The van der Waals surface area contributed by atoms with Gasteiger partial charge in [-0.2, -0.15) is 0 Å². The largest absolute Gasteiger partial charge is 0.434 e. The van der Waals surface area contributed by atoms with Crippen molar-refractivity contribution < 1.29 is 14.4 Å². The number of nitrogens with zero attached hydrogens (tertiary/aromatic N) is 1. The molecule has 1 aliphatic rings. The molecule has 82 valence electrons. The van der Waals surface area contributed by atoms with Gasteiger partial charge in [-0.25, -0.2) is 4.79 Å². The molecule has 0 aromatic heterocycles. The molecule has 1 N–H and O–H groups in total. The van der Waals surface area contributed by atoms with Crippen molar-refractivity contribution in [1.82, 2.24) is 5.32 Å². The van der Waals surface area contributed by atoms with Gasteiger partial charge in [-0.1, -0.05) is 22.8 Å². The summed E-state index contributed by atoms with van der Waals surface area (Å²) in [5.74, 6) is 2.77. The first-order chi connectivity index (χ1) is 7.06. The number of ether oxygens (including phenoxy) is 1. The summed E-state index contributed by atoms with van der Waals surface area (Å²) in [6.07, 6.45) is 4.29. The topological polar surface area (TPSA) is 59.9 Å².